The summed E-state index contributed by atoms with van der Waals surface area (Å²) in [7, 11) is 0. The van der Waals surface area contributed by atoms with Crippen LogP contribution in [0.15, 0.2) is 36.5 Å². The standard InChI is InChI=1S/C26H27N5O4S/c1-5-11-35-26(34)21-14(3)22(23(27)32)36-25(21)30-24(33)17-12-20(18-13-28-31(6-2)15(18)4)29-19-10-8-7-9-16(17)19/h7-10,12-13H,5-6,11H2,1-4H3,(H2,27,32)(H,30,33). The maximum absolute atomic E-state index is 13.6. The number of ether oxygens (including phenoxy) is 1. The number of nitrogens with two attached hydrogens (primary N) is 1. The lowest BCUT2D eigenvalue weighted by Gasteiger charge is -2.11. The normalized spacial score (nSPS) is 11.0. The topological polar surface area (TPSA) is 129 Å². The number of anilines is 1. The molecule has 9 nitrogen and oxygen atoms in total. The first-order chi connectivity index (χ1) is 17.3. The Balaban J connectivity index is 1.80. The number of pyridine rings is 1. The molecule has 0 bridgehead atoms. The molecule has 186 valence electrons. The van der Waals surface area contributed by atoms with E-state index in [4.69, 9.17) is 15.5 Å². The fourth-order valence-corrected chi connectivity index (χ4v) is 5.08. The minimum Gasteiger partial charge on any atom is -0.462 e. The third-order valence-corrected chi connectivity index (χ3v) is 7.10. The predicted octanol–water partition coefficient (Wildman–Crippen LogP) is 4.71. The first-order valence-corrected chi connectivity index (χ1v) is 12.4. The van der Waals surface area contributed by atoms with E-state index in [0.29, 0.717) is 40.7 Å². The van der Waals surface area contributed by atoms with Crippen LogP contribution in [0.2, 0.25) is 0 Å². The van der Waals surface area contributed by atoms with E-state index in [-0.39, 0.29) is 22.0 Å². The molecule has 4 rings (SSSR count). The zero-order chi connectivity index (χ0) is 26.0. The second-order valence-corrected chi connectivity index (χ2v) is 9.27. The molecule has 1 aromatic carbocycles. The van der Waals surface area contributed by atoms with Crippen LogP contribution in [-0.4, -0.2) is 39.2 Å². The molecule has 0 saturated heterocycles. The van der Waals surface area contributed by atoms with Gasteiger partial charge in [0.1, 0.15) is 5.00 Å². The fraction of sp³-hybridized carbons (Fsp3) is 0.269. The molecule has 2 amide bonds. The van der Waals surface area contributed by atoms with E-state index >= 15 is 0 Å². The molecule has 10 heteroatoms. The fourth-order valence-electron chi connectivity index (χ4n) is 4.04. The number of aromatic nitrogens is 3. The summed E-state index contributed by atoms with van der Waals surface area (Å²) in [6.07, 6.45) is 2.38. The van der Waals surface area contributed by atoms with E-state index in [2.05, 4.69) is 10.4 Å². The Bertz CT molecular complexity index is 1490. The van der Waals surface area contributed by atoms with Gasteiger partial charge in [-0.25, -0.2) is 9.78 Å². The van der Waals surface area contributed by atoms with E-state index in [1.54, 1.807) is 19.2 Å². The summed E-state index contributed by atoms with van der Waals surface area (Å²) < 4.78 is 7.16. The van der Waals surface area contributed by atoms with Gasteiger partial charge in [-0.05, 0) is 44.9 Å². The van der Waals surface area contributed by atoms with Crippen molar-refractivity contribution in [2.45, 2.75) is 40.7 Å². The highest BCUT2D eigenvalue weighted by molar-refractivity contribution is 7.18. The first kappa shape index (κ1) is 25.1. The average molecular weight is 506 g/mol. The Kier molecular flexibility index (Phi) is 7.16. The van der Waals surface area contributed by atoms with Crippen molar-refractivity contribution in [1.29, 1.82) is 0 Å². The molecule has 0 radical (unpaired) electrons. The summed E-state index contributed by atoms with van der Waals surface area (Å²) >= 11 is 0.957. The number of nitrogens with zero attached hydrogens (tertiary/aromatic N) is 3. The van der Waals surface area contributed by atoms with Crippen molar-refractivity contribution >= 4 is 45.0 Å². The maximum atomic E-state index is 13.6. The number of thiophene rings is 1. The number of para-hydroxylation sites is 1. The van der Waals surface area contributed by atoms with Gasteiger partial charge in [0.25, 0.3) is 11.8 Å². The van der Waals surface area contributed by atoms with Crippen molar-refractivity contribution < 1.29 is 19.1 Å². The number of amides is 2. The largest absolute Gasteiger partial charge is 0.462 e. The van der Waals surface area contributed by atoms with E-state index in [9.17, 15) is 14.4 Å². The van der Waals surface area contributed by atoms with Crippen molar-refractivity contribution in [3.8, 4) is 11.3 Å². The third-order valence-electron chi connectivity index (χ3n) is 5.88. The summed E-state index contributed by atoms with van der Waals surface area (Å²) in [6.45, 7) is 8.38. The minimum atomic E-state index is -0.678. The number of carbonyl (C=O) groups is 3. The van der Waals surface area contributed by atoms with Crippen LogP contribution in [0.5, 0.6) is 0 Å². The second kappa shape index (κ2) is 10.3. The van der Waals surface area contributed by atoms with E-state index in [1.165, 1.54) is 0 Å². The molecule has 3 heterocycles. The Morgan fingerprint density at radius 3 is 2.58 bits per heavy atom. The Morgan fingerprint density at radius 1 is 1.17 bits per heavy atom. The smallest absolute Gasteiger partial charge is 0.341 e. The average Bonchev–Trinajstić information content (AvgIpc) is 3.40. The van der Waals surface area contributed by atoms with Gasteiger partial charge in [-0.1, -0.05) is 25.1 Å². The molecule has 0 aliphatic heterocycles. The molecular weight excluding hydrogens is 478 g/mol. The van der Waals surface area contributed by atoms with Gasteiger partial charge in [0, 0.05) is 23.2 Å². The minimum absolute atomic E-state index is 0.134. The van der Waals surface area contributed by atoms with Gasteiger partial charge in [-0.2, -0.15) is 5.10 Å². The molecule has 3 aromatic heterocycles. The number of hydrogen-bond donors (Lipinski definition) is 2. The number of fused-ring (bicyclic) bond motifs is 1. The molecule has 4 aromatic rings. The van der Waals surface area contributed by atoms with Crippen LogP contribution in [0, 0.1) is 13.8 Å². The van der Waals surface area contributed by atoms with E-state index < -0.39 is 17.8 Å². The van der Waals surface area contributed by atoms with Crippen molar-refractivity contribution in [2.24, 2.45) is 5.73 Å². The monoisotopic (exact) mass is 505 g/mol. The third kappa shape index (κ3) is 4.59. The molecule has 0 aliphatic carbocycles. The number of aryl methyl sites for hydroxylation is 1. The summed E-state index contributed by atoms with van der Waals surface area (Å²) in [5, 5.41) is 8.09. The molecule has 0 saturated carbocycles. The summed E-state index contributed by atoms with van der Waals surface area (Å²) in [5.41, 5.74) is 9.42. The van der Waals surface area contributed by atoms with Crippen molar-refractivity contribution in [3.05, 3.63) is 63.8 Å². The van der Waals surface area contributed by atoms with Crippen LogP contribution in [-0.2, 0) is 11.3 Å². The number of benzene rings is 1. The molecule has 3 N–H and O–H groups in total. The highest BCUT2D eigenvalue weighted by Crippen LogP contribution is 2.35. The summed E-state index contributed by atoms with van der Waals surface area (Å²) in [4.78, 5) is 43.3. The van der Waals surface area contributed by atoms with Crippen LogP contribution < -0.4 is 11.1 Å². The van der Waals surface area contributed by atoms with Gasteiger partial charge >= 0.3 is 5.97 Å². The van der Waals surface area contributed by atoms with E-state index in [1.807, 2.05) is 49.7 Å². The lowest BCUT2D eigenvalue weighted by Crippen LogP contribution is -2.16. The van der Waals surface area contributed by atoms with Crippen LogP contribution in [0.1, 0.15) is 61.9 Å². The maximum Gasteiger partial charge on any atom is 0.341 e. The van der Waals surface area contributed by atoms with E-state index in [0.717, 1.165) is 22.6 Å². The zero-order valence-corrected chi connectivity index (χ0v) is 21.4. The van der Waals surface area contributed by atoms with Crippen LogP contribution in [0.25, 0.3) is 22.2 Å². The second-order valence-electron chi connectivity index (χ2n) is 8.25. The number of esters is 1. The number of hydrogen-bond acceptors (Lipinski definition) is 7. The quantitative estimate of drug-likeness (QED) is 0.334. The summed E-state index contributed by atoms with van der Waals surface area (Å²) in [5.74, 6) is -1.74. The van der Waals surface area contributed by atoms with Crippen LogP contribution in [0.4, 0.5) is 5.00 Å². The highest BCUT2D eigenvalue weighted by atomic mass is 32.1. The van der Waals surface area contributed by atoms with Gasteiger partial charge in [-0.15, -0.1) is 11.3 Å². The van der Waals surface area contributed by atoms with Gasteiger partial charge in [-0.3, -0.25) is 14.3 Å². The molecule has 0 fully saturated rings. The van der Waals surface area contributed by atoms with Crippen molar-refractivity contribution in [2.75, 3.05) is 11.9 Å². The Labute approximate surface area is 212 Å². The molecule has 0 aliphatic rings. The van der Waals surface area contributed by atoms with Crippen LogP contribution >= 0.6 is 11.3 Å². The van der Waals surface area contributed by atoms with Gasteiger partial charge in [0.15, 0.2) is 0 Å². The molecule has 0 spiro atoms. The number of primary amides is 1. The predicted molar refractivity (Wildman–Crippen MR) is 139 cm³/mol. The van der Waals surface area contributed by atoms with Crippen molar-refractivity contribution in [1.82, 2.24) is 14.8 Å². The number of nitrogens with one attached hydrogen (secondary N) is 1. The number of rotatable bonds is 8. The Morgan fingerprint density at radius 2 is 1.92 bits per heavy atom. The molecule has 36 heavy (non-hydrogen) atoms. The zero-order valence-electron chi connectivity index (χ0n) is 20.5. The van der Waals surface area contributed by atoms with Crippen LogP contribution in [0.3, 0.4) is 0 Å². The highest BCUT2D eigenvalue weighted by Gasteiger charge is 2.27. The lowest BCUT2D eigenvalue weighted by atomic mass is 10.0. The lowest BCUT2D eigenvalue weighted by molar-refractivity contribution is 0.0506. The molecule has 0 atom stereocenters. The first-order valence-electron chi connectivity index (χ1n) is 11.6. The van der Waals surface area contributed by atoms with Gasteiger partial charge in [0.2, 0.25) is 0 Å². The Hall–Kier alpha value is -4.05. The molecular formula is C26H27N5O4S. The van der Waals surface area contributed by atoms with Gasteiger partial charge < -0.3 is 15.8 Å². The van der Waals surface area contributed by atoms with Crippen molar-refractivity contribution in [3.63, 3.8) is 0 Å². The van der Waals surface area contributed by atoms with Gasteiger partial charge in [0.05, 0.1) is 40.0 Å². The molecule has 0 unspecified atom stereocenters. The SMILES string of the molecule is CCCOC(=O)c1c(NC(=O)c2cc(-c3cnn(CC)c3C)nc3ccccc23)sc(C(N)=O)c1C. The number of carbonyl (C=O) groups excluding carboxylic acids is 3. The summed E-state index contributed by atoms with van der Waals surface area (Å²) in [6, 6.07) is 9.05.